The van der Waals surface area contributed by atoms with Crippen molar-refractivity contribution >= 4 is 11.4 Å². The predicted octanol–water partition coefficient (Wildman–Crippen LogP) is 3.12. The molecule has 3 heterocycles. The molecule has 162 valence electrons. The molecule has 0 unspecified atom stereocenters. The normalized spacial score (nSPS) is 16.2. The second kappa shape index (κ2) is 8.59. The zero-order valence-corrected chi connectivity index (χ0v) is 18.4. The third-order valence-corrected chi connectivity index (χ3v) is 6.39. The minimum Gasteiger partial charge on any atom is -0.495 e. The van der Waals surface area contributed by atoms with Gasteiger partial charge in [0.1, 0.15) is 11.6 Å². The molecule has 0 amide bonds. The summed E-state index contributed by atoms with van der Waals surface area (Å²) in [5.41, 5.74) is 3.67. The zero-order chi connectivity index (χ0) is 21.2. The largest absolute Gasteiger partial charge is 0.495 e. The lowest BCUT2D eigenvalue weighted by atomic mass is 10.1. The summed E-state index contributed by atoms with van der Waals surface area (Å²) in [4.78, 5) is 7.46. The van der Waals surface area contributed by atoms with Gasteiger partial charge in [-0.15, -0.1) is 10.2 Å². The van der Waals surface area contributed by atoms with Crippen LogP contribution in [0, 0.1) is 6.92 Å². The van der Waals surface area contributed by atoms with Crippen LogP contribution in [-0.2, 0) is 6.54 Å². The number of aromatic nitrogens is 3. The maximum atomic E-state index is 5.54. The van der Waals surface area contributed by atoms with Crippen LogP contribution in [0.15, 0.2) is 48.5 Å². The highest BCUT2D eigenvalue weighted by Crippen LogP contribution is 2.32. The van der Waals surface area contributed by atoms with E-state index in [1.54, 1.807) is 7.11 Å². The predicted molar refractivity (Wildman–Crippen MR) is 123 cm³/mol. The summed E-state index contributed by atoms with van der Waals surface area (Å²) >= 11 is 0. The fourth-order valence-electron chi connectivity index (χ4n) is 4.79. The third kappa shape index (κ3) is 3.85. The summed E-state index contributed by atoms with van der Waals surface area (Å²) in [7, 11) is 1.75. The van der Waals surface area contributed by atoms with Crippen LogP contribution < -0.4 is 14.5 Å². The van der Waals surface area contributed by atoms with E-state index < -0.39 is 0 Å². The van der Waals surface area contributed by atoms with Crippen molar-refractivity contribution in [1.29, 1.82) is 0 Å². The highest BCUT2D eigenvalue weighted by atomic mass is 16.5. The first-order chi connectivity index (χ1) is 15.2. The molecule has 7 heteroatoms. The smallest absolute Gasteiger partial charge is 0.157 e. The number of hydrogen-bond donors (Lipinski definition) is 0. The van der Waals surface area contributed by atoms with Crippen LogP contribution in [0.1, 0.15) is 18.1 Å². The Balaban J connectivity index is 1.17. The van der Waals surface area contributed by atoms with E-state index in [4.69, 9.17) is 4.74 Å². The number of aryl methyl sites for hydroxylation is 1. The molecule has 2 aliphatic rings. The average Bonchev–Trinajstić information content (AvgIpc) is 3.20. The summed E-state index contributed by atoms with van der Waals surface area (Å²) in [6, 6.07) is 16.9. The quantitative estimate of drug-likeness (QED) is 0.613. The summed E-state index contributed by atoms with van der Waals surface area (Å²) < 4.78 is 7.72. The molecule has 3 aromatic rings. The molecule has 0 radical (unpaired) electrons. The van der Waals surface area contributed by atoms with Gasteiger partial charge >= 0.3 is 0 Å². The van der Waals surface area contributed by atoms with Crippen LogP contribution in [0.2, 0.25) is 0 Å². The summed E-state index contributed by atoms with van der Waals surface area (Å²) in [6.45, 7) is 9.22. The van der Waals surface area contributed by atoms with E-state index >= 15 is 0 Å². The maximum Gasteiger partial charge on any atom is 0.157 e. The number of hydrogen-bond acceptors (Lipinski definition) is 6. The van der Waals surface area contributed by atoms with Gasteiger partial charge in [-0.3, -0.25) is 9.47 Å². The number of ether oxygens (including phenoxy) is 1. The number of rotatable bonds is 6. The number of benzene rings is 2. The van der Waals surface area contributed by atoms with E-state index in [-0.39, 0.29) is 0 Å². The number of anilines is 2. The van der Waals surface area contributed by atoms with E-state index in [0.717, 1.165) is 69.6 Å². The minimum atomic E-state index is 0.819. The van der Waals surface area contributed by atoms with Gasteiger partial charge in [0.05, 0.1) is 30.7 Å². The molecule has 5 rings (SSSR count). The Morgan fingerprint density at radius 1 is 0.839 bits per heavy atom. The van der Waals surface area contributed by atoms with Gasteiger partial charge in [-0.2, -0.15) is 0 Å². The number of fused-ring (bicyclic) bond motifs is 3. The van der Waals surface area contributed by atoms with E-state index in [1.807, 2.05) is 19.1 Å². The Hall–Kier alpha value is -3.06. The van der Waals surface area contributed by atoms with Crippen molar-refractivity contribution in [3.63, 3.8) is 0 Å². The van der Waals surface area contributed by atoms with Gasteiger partial charge in [-0.1, -0.05) is 24.3 Å². The number of para-hydroxylation sites is 4. The van der Waals surface area contributed by atoms with Crippen molar-refractivity contribution in [2.24, 2.45) is 0 Å². The van der Waals surface area contributed by atoms with Crippen molar-refractivity contribution in [2.45, 2.75) is 19.9 Å². The van der Waals surface area contributed by atoms with Gasteiger partial charge in [-0.25, -0.2) is 0 Å². The Morgan fingerprint density at radius 3 is 2.32 bits per heavy atom. The van der Waals surface area contributed by atoms with Crippen molar-refractivity contribution < 1.29 is 4.74 Å². The first-order valence-electron chi connectivity index (χ1n) is 11.1. The van der Waals surface area contributed by atoms with Crippen LogP contribution >= 0.6 is 0 Å². The molecule has 0 N–H and O–H groups in total. The highest BCUT2D eigenvalue weighted by Gasteiger charge is 2.25. The lowest BCUT2D eigenvalue weighted by Gasteiger charge is -2.37. The van der Waals surface area contributed by atoms with E-state index in [2.05, 4.69) is 65.9 Å². The zero-order valence-electron chi connectivity index (χ0n) is 18.4. The first-order valence-corrected chi connectivity index (χ1v) is 11.1. The Bertz CT molecular complexity index is 1040. The number of piperazine rings is 1. The number of nitrogens with zero attached hydrogens (tertiary/aromatic N) is 6. The molecule has 0 saturated carbocycles. The monoisotopic (exact) mass is 418 g/mol. The lowest BCUT2D eigenvalue weighted by molar-refractivity contribution is 0.254. The molecule has 2 aliphatic heterocycles. The van der Waals surface area contributed by atoms with Crippen LogP contribution in [-0.4, -0.2) is 66.0 Å². The molecule has 1 saturated heterocycles. The van der Waals surface area contributed by atoms with Gasteiger partial charge in [0.2, 0.25) is 0 Å². The fourth-order valence-corrected chi connectivity index (χ4v) is 4.79. The Morgan fingerprint density at radius 2 is 1.55 bits per heavy atom. The van der Waals surface area contributed by atoms with Crippen molar-refractivity contribution in [1.82, 2.24) is 19.7 Å². The Kier molecular flexibility index (Phi) is 5.51. The molecule has 1 aromatic heterocycles. The van der Waals surface area contributed by atoms with Gasteiger partial charge < -0.3 is 14.5 Å². The topological polar surface area (TPSA) is 49.7 Å². The van der Waals surface area contributed by atoms with E-state index in [0.29, 0.717) is 0 Å². The van der Waals surface area contributed by atoms with Crippen molar-refractivity contribution in [3.8, 4) is 11.4 Å². The fraction of sp³-hybridized carbons (Fsp3) is 0.417. The summed E-state index contributed by atoms with van der Waals surface area (Å²) in [5, 5.41) is 8.69. The second-order valence-electron chi connectivity index (χ2n) is 8.26. The van der Waals surface area contributed by atoms with Crippen LogP contribution in [0.4, 0.5) is 11.4 Å². The molecular weight excluding hydrogens is 388 g/mol. The van der Waals surface area contributed by atoms with Crippen molar-refractivity contribution in [3.05, 3.63) is 60.2 Å². The molecule has 7 nitrogen and oxygen atoms in total. The molecule has 31 heavy (non-hydrogen) atoms. The van der Waals surface area contributed by atoms with E-state index in [1.165, 1.54) is 17.1 Å². The van der Waals surface area contributed by atoms with E-state index in [9.17, 15) is 0 Å². The van der Waals surface area contributed by atoms with Crippen molar-refractivity contribution in [2.75, 3.05) is 56.2 Å². The summed E-state index contributed by atoms with van der Waals surface area (Å²) in [5.74, 6) is 2.94. The SMILES string of the molecule is COc1ccccc1N1CCN(CCCN2Cc3nnc(C)n3-c3ccccc32)CC1. The van der Waals surface area contributed by atoms with Gasteiger partial charge in [0.25, 0.3) is 0 Å². The molecule has 0 bridgehead atoms. The highest BCUT2D eigenvalue weighted by molar-refractivity contribution is 5.65. The van der Waals surface area contributed by atoms with Gasteiger partial charge in [0.15, 0.2) is 5.82 Å². The maximum absolute atomic E-state index is 5.54. The molecular formula is C24H30N6O. The molecule has 2 aromatic carbocycles. The molecule has 0 atom stereocenters. The first kappa shape index (κ1) is 19.9. The summed E-state index contributed by atoms with van der Waals surface area (Å²) in [6.07, 6.45) is 1.14. The van der Waals surface area contributed by atoms with Gasteiger partial charge in [-0.05, 0) is 44.2 Å². The van der Waals surface area contributed by atoms with Crippen LogP contribution in [0.5, 0.6) is 5.75 Å². The molecule has 0 spiro atoms. The Labute approximate surface area is 183 Å². The van der Waals surface area contributed by atoms with Crippen LogP contribution in [0.25, 0.3) is 5.69 Å². The van der Waals surface area contributed by atoms with Crippen LogP contribution in [0.3, 0.4) is 0 Å². The van der Waals surface area contributed by atoms with Gasteiger partial charge in [0, 0.05) is 32.7 Å². The standard InChI is InChI=1S/C24H30N6O/c1-19-25-26-24-18-29(20-8-3-4-9-21(20)30(19)24)13-7-12-27-14-16-28(17-15-27)22-10-5-6-11-23(22)31-2/h3-6,8-11H,7,12-18H2,1-2H3. The average molecular weight is 419 g/mol. The lowest BCUT2D eigenvalue weighted by Crippen LogP contribution is -2.47. The molecule has 1 fully saturated rings. The minimum absolute atomic E-state index is 0.819. The third-order valence-electron chi connectivity index (χ3n) is 6.39. The second-order valence-corrected chi connectivity index (χ2v) is 8.26. The molecule has 0 aliphatic carbocycles. The number of methoxy groups -OCH3 is 1.